The van der Waals surface area contributed by atoms with Gasteiger partial charge in [-0.05, 0) is 50.8 Å². The van der Waals surface area contributed by atoms with E-state index >= 15 is 0 Å². The number of piperidine rings is 1. The Bertz CT molecular complexity index is 1330. The van der Waals surface area contributed by atoms with Crippen LogP contribution in [-0.2, 0) is 33.3 Å². The van der Waals surface area contributed by atoms with E-state index in [1.807, 2.05) is 20.0 Å². The first-order valence-corrected chi connectivity index (χ1v) is 11.9. The fourth-order valence-electron chi connectivity index (χ4n) is 4.65. The number of nitrogens with zero attached hydrogens (tertiary/aromatic N) is 4. The van der Waals surface area contributed by atoms with Gasteiger partial charge in [-0.3, -0.25) is 4.57 Å². The van der Waals surface area contributed by atoms with Crippen molar-refractivity contribution >= 4 is 21.1 Å². The van der Waals surface area contributed by atoms with Gasteiger partial charge in [0.1, 0.15) is 11.4 Å². The Morgan fingerprint density at radius 3 is 2.94 bits per heavy atom. The van der Waals surface area contributed by atoms with Crippen molar-refractivity contribution in [3.05, 3.63) is 52.0 Å². The van der Waals surface area contributed by atoms with E-state index in [0.717, 1.165) is 11.3 Å². The van der Waals surface area contributed by atoms with Gasteiger partial charge >= 0.3 is 5.76 Å². The summed E-state index contributed by atoms with van der Waals surface area (Å²) < 4.78 is 41.4. The topological polar surface area (TPSA) is 108 Å². The molecule has 0 radical (unpaired) electrons. The van der Waals surface area contributed by atoms with Gasteiger partial charge in [0.2, 0.25) is 10.0 Å². The Hall–Kier alpha value is -2.56. The minimum atomic E-state index is -3.81. The summed E-state index contributed by atoms with van der Waals surface area (Å²) in [5, 5.41) is 0. The predicted molar refractivity (Wildman–Crippen MR) is 112 cm³/mol. The molecule has 1 saturated heterocycles. The largest absolute Gasteiger partial charge is 0.419 e. The summed E-state index contributed by atoms with van der Waals surface area (Å²) in [4.78, 5) is 21.0. The van der Waals surface area contributed by atoms with E-state index in [0.29, 0.717) is 50.3 Å². The van der Waals surface area contributed by atoms with Gasteiger partial charge in [-0.2, -0.15) is 4.31 Å². The minimum Gasteiger partial charge on any atom is -0.408 e. The third-order valence-electron chi connectivity index (χ3n) is 6.18. The second kappa shape index (κ2) is 7.25. The van der Waals surface area contributed by atoms with Crippen LogP contribution in [0, 0.1) is 6.92 Å². The number of aromatic nitrogens is 3. The molecule has 164 valence electrons. The Morgan fingerprint density at radius 1 is 1.29 bits per heavy atom. The number of fused-ring (bicyclic) bond motifs is 3. The maximum absolute atomic E-state index is 13.5. The lowest BCUT2D eigenvalue weighted by Gasteiger charge is -2.44. The van der Waals surface area contributed by atoms with Crippen LogP contribution in [0.3, 0.4) is 0 Å². The van der Waals surface area contributed by atoms with Crippen LogP contribution in [0.2, 0.25) is 0 Å². The number of hydrogen-bond donors (Lipinski definition) is 0. The van der Waals surface area contributed by atoms with Crippen LogP contribution in [-0.4, -0.2) is 47.0 Å². The first-order valence-electron chi connectivity index (χ1n) is 10.4. The van der Waals surface area contributed by atoms with Crippen LogP contribution in [0.5, 0.6) is 0 Å². The van der Waals surface area contributed by atoms with Crippen LogP contribution < -0.4 is 5.76 Å². The number of rotatable bonds is 3. The van der Waals surface area contributed by atoms with E-state index < -0.39 is 21.4 Å². The standard InChI is InChI=1S/C21H24N4O5S/c1-3-25-17-6-5-16(11-18(17)30-20(25)26)31(27,28)24-9-4-8-21(13-24)19-15(7-10-29-21)12-22-14(2)23-19/h5-6,11-12H,3-4,7-10,13H2,1-2H3/t21-/m0/s1. The Balaban J connectivity index is 1.53. The Kier molecular flexibility index (Phi) is 4.76. The Labute approximate surface area is 179 Å². The maximum Gasteiger partial charge on any atom is 0.419 e. The van der Waals surface area contributed by atoms with Crippen molar-refractivity contribution < 1.29 is 17.6 Å². The zero-order valence-electron chi connectivity index (χ0n) is 17.5. The number of hydrogen-bond acceptors (Lipinski definition) is 7. The molecule has 2 aliphatic heterocycles. The van der Waals surface area contributed by atoms with Gasteiger partial charge in [0.25, 0.3) is 0 Å². The van der Waals surface area contributed by atoms with Gasteiger partial charge in [0.15, 0.2) is 5.58 Å². The lowest BCUT2D eigenvalue weighted by Crippen LogP contribution is -2.52. The average molecular weight is 445 g/mol. The summed E-state index contributed by atoms with van der Waals surface area (Å²) in [6.45, 7) is 5.20. The SMILES string of the molecule is CCn1c(=O)oc2cc(S(=O)(=O)N3CCC[C@@]4(C3)OCCc3cnc(C)nc34)ccc21. The van der Waals surface area contributed by atoms with Gasteiger partial charge in [-0.15, -0.1) is 0 Å². The molecule has 0 amide bonds. The maximum atomic E-state index is 13.5. The molecule has 1 atom stereocenters. The molecular weight excluding hydrogens is 420 g/mol. The fraction of sp³-hybridized carbons (Fsp3) is 0.476. The first kappa shape index (κ1) is 20.3. The van der Waals surface area contributed by atoms with E-state index in [1.165, 1.54) is 21.0 Å². The molecule has 1 fully saturated rings. The second-order valence-corrected chi connectivity index (χ2v) is 10.0. The minimum absolute atomic E-state index is 0.101. The molecule has 0 unspecified atom stereocenters. The molecule has 2 aromatic heterocycles. The van der Waals surface area contributed by atoms with Crippen LogP contribution >= 0.6 is 0 Å². The lowest BCUT2D eigenvalue weighted by molar-refractivity contribution is -0.0935. The molecule has 0 saturated carbocycles. The molecule has 31 heavy (non-hydrogen) atoms. The fourth-order valence-corrected chi connectivity index (χ4v) is 6.20. The average Bonchev–Trinajstić information content (AvgIpc) is 3.08. The molecule has 0 aliphatic carbocycles. The highest BCUT2D eigenvalue weighted by Gasteiger charge is 2.46. The molecule has 0 bridgehead atoms. The van der Waals surface area contributed by atoms with Gasteiger partial charge < -0.3 is 9.15 Å². The Morgan fingerprint density at radius 2 is 2.13 bits per heavy atom. The first-order chi connectivity index (χ1) is 14.8. The summed E-state index contributed by atoms with van der Waals surface area (Å²) in [5.74, 6) is 0.149. The highest BCUT2D eigenvalue weighted by molar-refractivity contribution is 7.89. The monoisotopic (exact) mass is 444 g/mol. The molecule has 4 heterocycles. The van der Waals surface area contributed by atoms with Crippen LogP contribution in [0.15, 0.2) is 38.5 Å². The van der Waals surface area contributed by atoms with Gasteiger partial charge in [0, 0.05) is 31.9 Å². The van der Waals surface area contributed by atoms with Crippen molar-refractivity contribution in [2.75, 3.05) is 19.7 Å². The van der Waals surface area contributed by atoms with E-state index in [4.69, 9.17) is 9.15 Å². The van der Waals surface area contributed by atoms with Crippen molar-refractivity contribution in [2.24, 2.45) is 0 Å². The van der Waals surface area contributed by atoms with Crippen LogP contribution in [0.1, 0.15) is 36.8 Å². The van der Waals surface area contributed by atoms with Gasteiger partial charge in [-0.1, -0.05) is 0 Å². The second-order valence-electron chi connectivity index (χ2n) is 8.07. The molecule has 5 rings (SSSR count). The summed E-state index contributed by atoms with van der Waals surface area (Å²) in [6.07, 6.45) is 3.90. The third-order valence-corrected chi connectivity index (χ3v) is 8.02. The van der Waals surface area contributed by atoms with E-state index in [1.54, 1.807) is 6.07 Å². The number of benzene rings is 1. The van der Waals surface area contributed by atoms with Crippen molar-refractivity contribution in [3.8, 4) is 0 Å². The zero-order chi connectivity index (χ0) is 21.8. The molecular formula is C21H24N4O5S. The number of aryl methyl sites for hydroxylation is 2. The van der Waals surface area contributed by atoms with Crippen molar-refractivity contribution in [2.45, 2.75) is 50.2 Å². The third kappa shape index (κ3) is 3.20. The summed E-state index contributed by atoms with van der Waals surface area (Å²) >= 11 is 0. The normalized spacial score (nSPS) is 22.1. The number of sulfonamides is 1. The summed E-state index contributed by atoms with van der Waals surface area (Å²) in [6, 6.07) is 4.59. The molecule has 0 N–H and O–H groups in total. The number of ether oxygens (including phenoxy) is 1. The van der Waals surface area contributed by atoms with Crippen LogP contribution in [0.4, 0.5) is 0 Å². The molecule has 9 nitrogen and oxygen atoms in total. The number of oxazole rings is 1. The predicted octanol–water partition coefficient (Wildman–Crippen LogP) is 1.97. The van der Waals surface area contributed by atoms with E-state index in [9.17, 15) is 13.2 Å². The highest BCUT2D eigenvalue weighted by atomic mass is 32.2. The van der Waals surface area contributed by atoms with Crippen molar-refractivity contribution in [1.29, 1.82) is 0 Å². The van der Waals surface area contributed by atoms with E-state index in [-0.39, 0.29) is 17.0 Å². The van der Waals surface area contributed by atoms with Crippen LogP contribution in [0.25, 0.3) is 11.1 Å². The lowest BCUT2D eigenvalue weighted by atomic mass is 9.85. The van der Waals surface area contributed by atoms with Gasteiger partial charge in [-0.25, -0.2) is 23.2 Å². The van der Waals surface area contributed by atoms with E-state index in [2.05, 4.69) is 9.97 Å². The highest BCUT2D eigenvalue weighted by Crippen LogP contribution is 2.40. The molecule has 1 spiro atoms. The summed E-state index contributed by atoms with van der Waals surface area (Å²) in [5.41, 5.74) is 1.89. The van der Waals surface area contributed by atoms with Crippen molar-refractivity contribution in [3.63, 3.8) is 0 Å². The molecule has 2 aliphatic rings. The summed E-state index contributed by atoms with van der Waals surface area (Å²) in [7, 11) is -3.81. The van der Waals surface area contributed by atoms with Crippen molar-refractivity contribution in [1.82, 2.24) is 18.8 Å². The smallest absolute Gasteiger partial charge is 0.408 e. The molecule has 1 aromatic carbocycles. The molecule has 3 aromatic rings. The van der Waals surface area contributed by atoms with Gasteiger partial charge in [0.05, 0.1) is 22.7 Å². The zero-order valence-corrected chi connectivity index (χ0v) is 18.3. The quantitative estimate of drug-likeness (QED) is 0.608. The molecule has 10 heteroatoms.